The van der Waals surface area contributed by atoms with Gasteiger partial charge in [0.1, 0.15) is 23.0 Å². The molecular weight excluding hydrogens is 484 g/mol. The van der Waals surface area contributed by atoms with Gasteiger partial charge in [-0.3, -0.25) is 0 Å². The smallest absolute Gasteiger partial charge is 0.408 e. The van der Waals surface area contributed by atoms with Crippen molar-refractivity contribution < 1.29 is 46.8 Å². The predicted molar refractivity (Wildman–Crippen MR) is 128 cm³/mol. The van der Waals surface area contributed by atoms with Crippen molar-refractivity contribution >= 4 is 28.1 Å². The quantitative estimate of drug-likeness (QED) is 0.191. The molecule has 1 aromatic rings. The molecule has 0 aliphatic heterocycles. The summed E-state index contributed by atoms with van der Waals surface area (Å²) in [5.41, 5.74) is -1.28. The van der Waals surface area contributed by atoms with Gasteiger partial charge in [-0.15, -0.1) is 0 Å². The van der Waals surface area contributed by atoms with Gasteiger partial charge < -0.3 is 39.4 Å². The standard InChI is InChI=1S/C22H30N2O10S/c1-15(30-2)7-6-8-20(34-22(27)24-11-10-23-21(25)26)35(28,29)12-9-17-18(32-4)13-16(31-3)14-19(17)33-5/h6-7,9,12-14,20,23H,1,8,10-11H2,2-5H3,(H,24,27)(H,25,26)/b7-6-,12-9+. The van der Waals surface area contributed by atoms with Crippen molar-refractivity contribution in [3.8, 4) is 17.2 Å². The van der Waals surface area contributed by atoms with E-state index in [-0.39, 0.29) is 25.3 Å². The minimum Gasteiger partial charge on any atom is -0.497 e. The number of allylic oxidation sites excluding steroid dienone is 1. The second-order valence-corrected chi connectivity index (χ2v) is 8.62. The molecule has 1 unspecified atom stereocenters. The van der Waals surface area contributed by atoms with E-state index in [1.807, 2.05) is 0 Å². The molecule has 12 nitrogen and oxygen atoms in total. The fourth-order valence-electron chi connectivity index (χ4n) is 2.57. The third kappa shape index (κ3) is 9.88. The molecular formula is C22H30N2O10S. The monoisotopic (exact) mass is 514 g/mol. The Labute approximate surface area is 204 Å². The minimum absolute atomic E-state index is 0.0909. The number of carbonyl (C=O) groups is 2. The molecule has 1 atom stereocenters. The number of nitrogens with one attached hydrogen (secondary N) is 2. The number of alkyl carbamates (subject to hydrolysis) is 1. The van der Waals surface area contributed by atoms with Gasteiger partial charge in [-0.2, -0.15) is 0 Å². The Hall–Kier alpha value is -3.87. The van der Waals surface area contributed by atoms with Crippen molar-refractivity contribution in [3.63, 3.8) is 0 Å². The van der Waals surface area contributed by atoms with E-state index in [1.54, 1.807) is 12.1 Å². The Balaban J connectivity index is 3.17. The minimum atomic E-state index is -4.17. The van der Waals surface area contributed by atoms with E-state index in [9.17, 15) is 18.0 Å². The van der Waals surface area contributed by atoms with Crippen LogP contribution in [0.25, 0.3) is 6.08 Å². The van der Waals surface area contributed by atoms with Gasteiger partial charge in [0.25, 0.3) is 0 Å². The molecule has 0 aliphatic rings. The number of hydrogen-bond donors (Lipinski definition) is 3. The van der Waals surface area contributed by atoms with Gasteiger partial charge in [0, 0.05) is 37.1 Å². The summed E-state index contributed by atoms with van der Waals surface area (Å²) in [6.45, 7) is 3.40. The summed E-state index contributed by atoms with van der Waals surface area (Å²) >= 11 is 0. The van der Waals surface area contributed by atoms with E-state index in [0.717, 1.165) is 5.41 Å². The number of benzene rings is 1. The molecule has 0 saturated carbocycles. The van der Waals surface area contributed by atoms with Crippen LogP contribution in [0.1, 0.15) is 12.0 Å². The topological polar surface area (TPSA) is 159 Å². The number of rotatable bonds is 14. The molecule has 3 N–H and O–H groups in total. The number of amides is 2. The molecule has 0 radical (unpaired) electrons. The number of ether oxygens (including phenoxy) is 5. The van der Waals surface area contributed by atoms with E-state index < -0.39 is 27.5 Å². The van der Waals surface area contributed by atoms with E-state index in [4.69, 9.17) is 28.8 Å². The van der Waals surface area contributed by atoms with Crippen LogP contribution < -0.4 is 24.8 Å². The Morgan fingerprint density at radius 2 is 1.66 bits per heavy atom. The third-order valence-corrected chi connectivity index (χ3v) is 5.88. The molecule has 13 heteroatoms. The van der Waals surface area contributed by atoms with Gasteiger partial charge in [-0.1, -0.05) is 12.7 Å². The van der Waals surface area contributed by atoms with E-state index in [0.29, 0.717) is 22.8 Å². The first-order valence-corrected chi connectivity index (χ1v) is 11.7. The fourth-order valence-corrected chi connectivity index (χ4v) is 3.67. The second-order valence-electron chi connectivity index (χ2n) is 6.64. The van der Waals surface area contributed by atoms with E-state index >= 15 is 0 Å². The Bertz CT molecular complexity index is 1030. The fraction of sp³-hybridized carbons (Fsp3) is 0.364. The number of sulfone groups is 1. The van der Waals surface area contributed by atoms with Crippen molar-refractivity contribution in [1.82, 2.24) is 10.6 Å². The first kappa shape index (κ1) is 29.2. The molecule has 0 saturated heterocycles. The van der Waals surface area contributed by atoms with Gasteiger partial charge in [0.05, 0.1) is 34.0 Å². The van der Waals surface area contributed by atoms with Crippen LogP contribution in [-0.2, 0) is 19.3 Å². The lowest BCUT2D eigenvalue weighted by molar-refractivity contribution is 0.132. The molecule has 1 rings (SSSR count). The summed E-state index contributed by atoms with van der Waals surface area (Å²) in [4.78, 5) is 22.6. The van der Waals surface area contributed by atoms with Crippen molar-refractivity contribution in [1.29, 1.82) is 0 Å². The van der Waals surface area contributed by atoms with Gasteiger partial charge in [0.2, 0.25) is 15.3 Å². The zero-order chi connectivity index (χ0) is 26.4. The van der Waals surface area contributed by atoms with Crippen molar-refractivity contribution in [3.05, 3.63) is 47.6 Å². The van der Waals surface area contributed by atoms with Crippen molar-refractivity contribution in [2.24, 2.45) is 0 Å². The van der Waals surface area contributed by atoms with Crippen molar-refractivity contribution in [2.45, 2.75) is 11.9 Å². The average Bonchev–Trinajstić information content (AvgIpc) is 2.83. The highest BCUT2D eigenvalue weighted by molar-refractivity contribution is 7.94. The molecule has 194 valence electrons. The van der Waals surface area contributed by atoms with Gasteiger partial charge >= 0.3 is 12.2 Å². The van der Waals surface area contributed by atoms with Crippen molar-refractivity contribution in [2.75, 3.05) is 41.5 Å². The molecule has 0 spiro atoms. The number of hydrogen-bond acceptors (Lipinski definition) is 9. The molecule has 35 heavy (non-hydrogen) atoms. The molecule has 0 heterocycles. The van der Waals surface area contributed by atoms with E-state index in [1.165, 1.54) is 46.7 Å². The largest absolute Gasteiger partial charge is 0.497 e. The third-order valence-electron chi connectivity index (χ3n) is 4.35. The van der Waals surface area contributed by atoms with Gasteiger partial charge in [-0.25, -0.2) is 18.0 Å². The molecule has 0 fully saturated rings. The number of methoxy groups -OCH3 is 4. The highest BCUT2D eigenvalue weighted by Crippen LogP contribution is 2.35. The summed E-state index contributed by atoms with van der Waals surface area (Å²) < 4.78 is 51.9. The van der Waals surface area contributed by atoms with Gasteiger partial charge in [-0.05, 0) is 12.2 Å². The van der Waals surface area contributed by atoms with Crippen LogP contribution in [0.2, 0.25) is 0 Å². The van der Waals surface area contributed by atoms with Crippen LogP contribution in [0.3, 0.4) is 0 Å². The summed E-state index contributed by atoms with van der Waals surface area (Å²) in [5.74, 6) is 1.31. The zero-order valence-electron chi connectivity index (χ0n) is 19.9. The molecule has 1 aromatic carbocycles. The molecule has 0 aliphatic carbocycles. The molecule has 0 bridgehead atoms. The van der Waals surface area contributed by atoms with Crippen LogP contribution in [0, 0.1) is 0 Å². The number of carbonyl (C=O) groups excluding carboxylic acids is 1. The second kappa shape index (κ2) is 14.4. The SMILES string of the molecule is C=C(/C=C\CC(OC(=O)NCCNC(=O)O)S(=O)(=O)/C=C/c1c(OC)cc(OC)cc1OC)OC. The number of carboxylic acid groups (broad SMARTS) is 1. The lowest BCUT2D eigenvalue weighted by Crippen LogP contribution is -2.37. The van der Waals surface area contributed by atoms with E-state index in [2.05, 4.69) is 17.2 Å². The highest BCUT2D eigenvalue weighted by atomic mass is 32.2. The van der Waals surface area contributed by atoms with Crippen LogP contribution in [0.4, 0.5) is 9.59 Å². The van der Waals surface area contributed by atoms with Gasteiger partial charge in [0.15, 0.2) is 0 Å². The first-order valence-electron chi connectivity index (χ1n) is 10.1. The Kier molecular flexibility index (Phi) is 12.0. The Morgan fingerprint density at radius 3 is 2.17 bits per heavy atom. The maximum Gasteiger partial charge on any atom is 0.408 e. The highest BCUT2D eigenvalue weighted by Gasteiger charge is 2.26. The Morgan fingerprint density at radius 1 is 1.06 bits per heavy atom. The molecule has 0 aromatic heterocycles. The predicted octanol–water partition coefficient (Wildman–Crippen LogP) is 2.52. The normalized spacial score (nSPS) is 12.1. The maximum absolute atomic E-state index is 13.1. The lowest BCUT2D eigenvalue weighted by atomic mass is 10.1. The first-order chi connectivity index (χ1) is 16.6. The van der Waals surface area contributed by atoms with Crippen LogP contribution >= 0.6 is 0 Å². The van der Waals surface area contributed by atoms with Crippen LogP contribution in [0.15, 0.2) is 42.0 Å². The summed E-state index contributed by atoms with van der Waals surface area (Å²) in [5, 5.41) is 13.8. The lowest BCUT2D eigenvalue weighted by Gasteiger charge is -2.16. The summed E-state index contributed by atoms with van der Waals surface area (Å²) in [6, 6.07) is 3.11. The summed E-state index contributed by atoms with van der Waals surface area (Å²) in [6.07, 6.45) is 1.59. The average molecular weight is 515 g/mol. The van der Waals surface area contributed by atoms with Crippen LogP contribution in [0.5, 0.6) is 17.2 Å². The van der Waals surface area contributed by atoms with Crippen LogP contribution in [-0.4, -0.2) is 72.7 Å². The molecule has 2 amide bonds. The maximum atomic E-state index is 13.1. The zero-order valence-corrected chi connectivity index (χ0v) is 20.7. The summed E-state index contributed by atoms with van der Waals surface area (Å²) in [7, 11) is 1.50.